The van der Waals surface area contributed by atoms with Crippen molar-refractivity contribution in [1.82, 2.24) is 101 Å². The molecular formula is C90H142N32O19S2. The van der Waals surface area contributed by atoms with Crippen LogP contribution in [0.2, 0.25) is 0 Å². The second kappa shape index (κ2) is 64.1. The summed E-state index contributed by atoms with van der Waals surface area (Å²) in [6.07, 6.45) is -0.138. The highest BCUT2D eigenvalue weighted by Gasteiger charge is 2.42. The predicted molar refractivity (Wildman–Crippen MR) is 538 cm³/mol. The Balaban J connectivity index is 1.47. The van der Waals surface area contributed by atoms with Gasteiger partial charge >= 0.3 is 18.1 Å². The van der Waals surface area contributed by atoms with E-state index in [0.717, 1.165) is 10.8 Å². The van der Waals surface area contributed by atoms with Gasteiger partial charge in [0.2, 0.25) is 82.7 Å². The molecule has 0 bridgehead atoms. The van der Waals surface area contributed by atoms with Crippen LogP contribution in [-0.2, 0) is 86.4 Å². The number of carbonyl (C=O) groups is 17. The highest BCUT2D eigenvalue weighted by molar-refractivity contribution is 7.80. The minimum absolute atomic E-state index is 0.000208. The second-order valence-corrected chi connectivity index (χ2v) is 35.0. The Bertz CT molecular complexity index is 4940. The van der Waals surface area contributed by atoms with E-state index in [0.29, 0.717) is 29.5 Å². The number of thiol groups is 2. The molecule has 43 N–H and O–H groups in total. The first-order valence-electron chi connectivity index (χ1n) is 47.1. The van der Waals surface area contributed by atoms with Crippen molar-refractivity contribution in [2.24, 2.45) is 57.3 Å². The maximum absolute atomic E-state index is 15.4. The van der Waals surface area contributed by atoms with E-state index in [-0.39, 0.29) is 223 Å². The van der Waals surface area contributed by atoms with Crippen molar-refractivity contribution >= 4 is 155 Å². The van der Waals surface area contributed by atoms with Crippen molar-refractivity contribution in [3.8, 4) is 11.5 Å². The van der Waals surface area contributed by atoms with Crippen LogP contribution in [0.5, 0.6) is 11.5 Å². The zero-order valence-electron chi connectivity index (χ0n) is 79.7. The third kappa shape index (κ3) is 44.9. The fourth-order valence-corrected chi connectivity index (χ4v) is 15.8. The lowest BCUT2D eigenvalue weighted by molar-refractivity contribution is -0.142. The number of phenols is 2. The van der Waals surface area contributed by atoms with Crippen LogP contribution in [0.3, 0.4) is 0 Å². The van der Waals surface area contributed by atoms with Crippen molar-refractivity contribution in [3.05, 3.63) is 108 Å². The number of nitrogens with two attached hydrogens (primary N) is 10. The molecule has 4 aromatic carbocycles. The average Bonchev–Trinajstić information content (AvgIpc) is 1.45. The number of nitrogens with one attached hydrogen (secondary N) is 21. The van der Waals surface area contributed by atoms with Crippen LogP contribution in [0.15, 0.2) is 91.0 Å². The first kappa shape index (κ1) is 119. The number of guanidine groups is 3. The van der Waals surface area contributed by atoms with E-state index in [4.69, 9.17) is 73.6 Å². The molecule has 0 spiro atoms. The molecule has 1 aliphatic heterocycles. The van der Waals surface area contributed by atoms with Crippen LogP contribution < -0.4 is 153 Å². The van der Waals surface area contributed by atoms with Crippen molar-refractivity contribution in [3.63, 3.8) is 0 Å². The number of carbonyl (C=O) groups excluding carboxylic acids is 17. The summed E-state index contributed by atoms with van der Waals surface area (Å²) in [7, 11) is 0. The monoisotopic (exact) mass is 2040 g/mol. The normalized spacial score (nSPS) is 14.8. The SMILES string of the molecule is N=C(N)NCCC[C@H](NC(=O)[C@H](CS)NC(=O)[C@H](CCCNC(N)=O)NC(=O)[C@H](CCCNC(=N)N)NC(=O)[C@H](Cc1ccc(O)cc1)NC(=O)[C@@H]1CCCN1C(=O)[C@@H](CCCCN)NC(=O)[C@H](CCCCN)NC(=O)[C@H](CCCNC(N)=O)NC(=O)[C@H](Cc1ccc(O)cc1)NC(=O)[C@H](CS)NC(=O)[C@H](Cc1ccc2ccccc2c1)NC(=O)[C@H](CCCNC(=N)N)NC(=O)[C@@H](N)CCCNC(N)=O)C(N)=O. The quantitative estimate of drug-likeness (QED) is 0.00845. The smallest absolute Gasteiger partial charge is 0.312 e. The number of nitrogens with zero attached hydrogens (tertiary/aromatic N) is 1. The minimum atomic E-state index is -1.66. The summed E-state index contributed by atoms with van der Waals surface area (Å²) in [5, 5.41) is 92.0. The fraction of sp³-hybridized carbons (Fsp3) is 0.533. The van der Waals surface area contributed by atoms with Gasteiger partial charge in [0.05, 0.1) is 6.04 Å². The van der Waals surface area contributed by atoms with E-state index < -0.39 is 197 Å². The van der Waals surface area contributed by atoms with E-state index in [9.17, 15) is 63.0 Å². The molecule has 0 aromatic heterocycles. The Labute approximate surface area is 838 Å². The Morgan fingerprint density at radius 3 is 1.00 bits per heavy atom. The third-order valence-corrected chi connectivity index (χ3v) is 23.7. The summed E-state index contributed by atoms with van der Waals surface area (Å²) < 4.78 is 0. The number of hydrogen-bond acceptors (Lipinski definition) is 27. The number of phenolic OH excluding ortho intramolecular Hbond substituents is 2. The molecule has 1 fully saturated rings. The second-order valence-electron chi connectivity index (χ2n) is 34.2. The number of likely N-dealkylation sites (tertiary alicyclic amines) is 1. The molecule has 5 rings (SSSR count). The van der Waals surface area contributed by atoms with Gasteiger partial charge in [0.25, 0.3) is 0 Å². The Kier molecular flexibility index (Phi) is 53.3. The number of rotatable bonds is 66. The summed E-state index contributed by atoms with van der Waals surface area (Å²) in [4.78, 5) is 241. The number of benzene rings is 4. The molecule has 20 amide bonds. The zero-order valence-corrected chi connectivity index (χ0v) is 81.5. The van der Waals surface area contributed by atoms with E-state index in [1.807, 2.05) is 18.2 Å². The summed E-state index contributed by atoms with van der Waals surface area (Å²) >= 11 is 8.71. The number of hydrogen-bond donors (Lipinski definition) is 35. The van der Waals surface area contributed by atoms with Crippen molar-refractivity contribution in [2.75, 3.05) is 70.4 Å². The van der Waals surface area contributed by atoms with Gasteiger partial charge in [-0.3, -0.25) is 83.4 Å². The molecule has 0 saturated carbocycles. The van der Waals surface area contributed by atoms with Gasteiger partial charge in [-0.1, -0.05) is 66.7 Å². The van der Waals surface area contributed by atoms with Crippen LogP contribution in [0.4, 0.5) is 14.4 Å². The maximum Gasteiger partial charge on any atom is 0.312 e. The van der Waals surface area contributed by atoms with Crippen LogP contribution in [0, 0.1) is 16.2 Å². The predicted octanol–water partition coefficient (Wildman–Crippen LogP) is -6.85. The molecule has 0 unspecified atom stereocenters. The lowest BCUT2D eigenvalue weighted by atomic mass is 10.00. The number of amides is 20. The van der Waals surface area contributed by atoms with Gasteiger partial charge in [-0.15, -0.1) is 0 Å². The Morgan fingerprint density at radius 2 is 0.629 bits per heavy atom. The number of fused-ring (bicyclic) bond motifs is 1. The molecule has 53 heteroatoms. The highest BCUT2D eigenvalue weighted by atomic mass is 32.1. The molecule has 788 valence electrons. The molecule has 0 aliphatic carbocycles. The lowest BCUT2D eigenvalue weighted by Gasteiger charge is -2.31. The van der Waals surface area contributed by atoms with E-state index in [1.54, 1.807) is 24.3 Å². The molecular weight excluding hydrogens is 1900 g/mol. The first-order valence-corrected chi connectivity index (χ1v) is 48.4. The molecule has 0 radical (unpaired) electrons. The summed E-state index contributed by atoms with van der Waals surface area (Å²) in [5.74, 6) is -15.3. The van der Waals surface area contributed by atoms with Crippen molar-refractivity contribution in [1.29, 1.82) is 16.2 Å². The van der Waals surface area contributed by atoms with Crippen LogP contribution in [0.25, 0.3) is 10.8 Å². The Morgan fingerprint density at radius 1 is 0.336 bits per heavy atom. The van der Waals surface area contributed by atoms with Crippen LogP contribution in [0.1, 0.15) is 145 Å². The van der Waals surface area contributed by atoms with Crippen molar-refractivity contribution < 1.29 is 91.7 Å². The third-order valence-electron chi connectivity index (χ3n) is 22.9. The van der Waals surface area contributed by atoms with Crippen molar-refractivity contribution in [2.45, 2.75) is 232 Å². The number of aromatic hydroxyl groups is 2. The maximum atomic E-state index is 15.4. The van der Waals surface area contributed by atoms with Crippen LogP contribution >= 0.6 is 25.3 Å². The van der Waals surface area contributed by atoms with E-state index in [2.05, 4.69) is 121 Å². The lowest BCUT2D eigenvalue weighted by Crippen LogP contribution is -2.61. The van der Waals surface area contributed by atoms with Gasteiger partial charge in [-0.25, -0.2) is 14.4 Å². The summed E-state index contributed by atoms with van der Waals surface area (Å²) in [6, 6.07) is 0.277. The van der Waals surface area contributed by atoms with Gasteiger partial charge in [0.15, 0.2) is 17.9 Å². The molecule has 51 nitrogen and oxygen atoms in total. The molecule has 1 heterocycles. The van der Waals surface area contributed by atoms with Gasteiger partial charge in [-0.2, -0.15) is 25.3 Å². The number of urea groups is 3. The van der Waals surface area contributed by atoms with Gasteiger partial charge in [0, 0.05) is 76.6 Å². The van der Waals surface area contributed by atoms with E-state index in [1.165, 1.54) is 53.4 Å². The van der Waals surface area contributed by atoms with Gasteiger partial charge < -0.3 is 168 Å². The molecule has 1 saturated heterocycles. The number of primary amides is 4. The summed E-state index contributed by atoms with van der Waals surface area (Å²) in [6.45, 7) is 0.208. The van der Waals surface area contributed by atoms with Gasteiger partial charge in [0.1, 0.15) is 90.0 Å². The topological polar surface area (TPSA) is 882 Å². The highest BCUT2D eigenvalue weighted by Crippen LogP contribution is 2.24. The first-order chi connectivity index (χ1) is 68.1. The zero-order chi connectivity index (χ0) is 106. The molecule has 4 aromatic rings. The standard InChI is InChI=1S/C90H142N32O19S2/c91-35-5-3-17-59(112-73(127)62(22-11-41-108-89(102)140)114-78(132)65(45-50-26-31-55(123)32-27-50)118-82(136)69(49-143)121-80(134)67(47-52-25-30-53-14-1-2-15-54(53)44-52)117-76(130)60(20-9-38-105-86(97)98)111-72(126)57(93)16-7-40-107-88(101)139)75(129)116-64(18-4-6-36-92)84(138)122-43-13-24-70(122)83(137)119-66(46-51-28-33-56(124)34-29-51)79(133)115-61(21-10-39-106-87(99)100)74(128)113-63(23-12-42-109-90(103)141)77(131)120-68(48-142)81(135)110-58(71(94)125)19-8-37-104-85(95)96/h1-2,14-15,25-34,44,57-70,123-124,142-143H,3-13,16-24,35-43,45-49,91-93H2,(H2,94,125)(H,110,135)(H,111,126)(H,112,127)(H,113,128)(H,114,132)(H,115,133)(H,116,129)(H,117,130)(H,118,136)(H,119,137)(H,120,131)(H,121,134)(H4,95,96,104)(H4,97,98,105)(H4,99,100,106)(H3,101,107,139)(H3,102,108,140)(H3,103,109,141)/t57-,58-,59-,60-,61-,62-,63-,64+,65-,66-,67-,68-,69-,70-/m0/s1. The largest absolute Gasteiger partial charge is 0.508 e. The molecule has 1 aliphatic rings. The Hall–Kier alpha value is -14.5. The average molecular weight is 2040 g/mol. The molecule has 14 atom stereocenters. The summed E-state index contributed by atoms with van der Waals surface area (Å²) in [5.41, 5.74) is 57.4. The minimum Gasteiger partial charge on any atom is -0.508 e. The number of unbranched alkanes of at least 4 members (excludes halogenated alkanes) is 2. The van der Waals surface area contributed by atoms with Gasteiger partial charge in [-0.05, 0) is 193 Å². The van der Waals surface area contributed by atoms with E-state index >= 15 is 28.8 Å². The molecule has 143 heavy (non-hydrogen) atoms. The van der Waals surface area contributed by atoms with Crippen LogP contribution in [-0.4, -0.2) is 289 Å². The fourth-order valence-electron chi connectivity index (χ4n) is 15.3.